The molecule has 1 aliphatic heterocycles. The average molecular weight is 282 g/mol. The van der Waals surface area contributed by atoms with E-state index >= 15 is 0 Å². The molecule has 20 heavy (non-hydrogen) atoms. The molecule has 2 aliphatic rings. The summed E-state index contributed by atoms with van der Waals surface area (Å²) in [6, 6.07) is 0.570. The summed E-state index contributed by atoms with van der Waals surface area (Å²) in [5.74, 6) is 0.791. The lowest BCUT2D eigenvalue weighted by molar-refractivity contribution is -0.146. The molecule has 0 aromatic carbocycles. The largest absolute Gasteiger partial charge is 0.381 e. The zero-order valence-electron chi connectivity index (χ0n) is 13.4. The Hall–Kier alpha value is -0.610. The maximum Gasteiger partial charge on any atom is 0.226 e. The fraction of sp³-hybridized carbons (Fsp3) is 0.938. The van der Waals surface area contributed by atoms with E-state index in [4.69, 9.17) is 10.5 Å². The summed E-state index contributed by atoms with van der Waals surface area (Å²) in [4.78, 5) is 14.9. The maximum atomic E-state index is 12.9. The number of rotatable bonds is 2. The Balaban J connectivity index is 2.07. The van der Waals surface area contributed by atoms with Gasteiger partial charge < -0.3 is 15.4 Å². The van der Waals surface area contributed by atoms with Crippen LogP contribution in [0, 0.1) is 17.3 Å². The van der Waals surface area contributed by atoms with Gasteiger partial charge in [-0.3, -0.25) is 4.79 Å². The van der Waals surface area contributed by atoms with E-state index < -0.39 is 0 Å². The third kappa shape index (κ3) is 2.86. The number of nitrogens with two attached hydrogens (primary N) is 1. The standard InChI is InChI=1S/C16H30N2O2/c1-11-14(17)6-5-13(16(11,2)3)15(19)18(4)12-7-9-20-10-8-12/h11-14H,5-10,17H2,1-4H3. The molecule has 2 fully saturated rings. The Labute approximate surface area is 123 Å². The molecule has 0 aromatic rings. The number of ether oxygens (including phenoxy) is 1. The van der Waals surface area contributed by atoms with Gasteiger partial charge in [0.15, 0.2) is 0 Å². The van der Waals surface area contributed by atoms with Gasteiger partial charge in [-0.2, -0.15) is 0 Å². The number of carbonyl (C=O) groups is 1. The lowest BCUT2D eigenvalue weighted by Gasteiger charge is -2.48. The molecule has 0 bridgehead atoms. The molecule has 1 heterocycles. The molecule has 4 nitrogen and oxygen atoms in total. The van der Waals surface area contributed by atoms with Crippen molar-refractivity contribution in [3.8, 4) is 0 Å². The minimum absolute atomic E-state index is 0.0197. The van der Waals surface area contributed by atoms with E-state index in [1.54, 1.807) is 0 Å². The topological polar surface area (TPSA) is 55.6 Å². The van der Waals surface area contributed by atoms with Crippen molar-refractivity contribution < 1.29 is 9.53 Å². The molecule has 0 radical (unpaired) electrons. The van der Waals surface area contributed by atoms with Crippen LogP contribution in [-0.2, 0) is 9.53 Å². The molecule has 116 valence electrons. The highest BCUT2D eigenvalue weighted by atomic mass is 16.5. The van der Waals surface area contributed by atoms with Crippen LogP contribution < -0.4 is 5.73 Å². The molecule has 0 aromatic heterocycles. The van der Waals surface area contributed by atoms with Gasteiger partial charge in [-0.05, 0) is 37.0 Å². The van der Waals surface area contributed by atoms with Gasteiger partial charge in [0.1, 0.15) is 0 Å². The van der Waals surface area contributed by atoms with Crippen LogP contribution in [-0.4, -0.2) is 43.2 Å². The fourth-order valence-electron chi connectivity index (χ4n) is 3.79. The Morgan fingerprint density at radius 2 is 1.80 bits per heavy atom. The van der Waals surface area contributed by atoms with E-state index in [0.717, 1.165) is 38.9 Å². The van der Waals surface area contributed by atoms with Gasteiger partial charge in [-0.25, -0.2) is 0 Å². The number of amides is 1. The normalized spacial score (nSPS) is 34.8. The Morgan fingerprint density at radius 3 is 2.40 bits per heavy atom. The van der Waals surface area contributed by atoms with Crippen LogP contribution in [0.4, 0.5) is 0 Å². The maximum absolute atomic E-state index is 12.9. The van der Waals surface area contributed by atoms with E-state index in [2.05, 4.69) is 20.8 Å². The molecule has 3 unspecified atom stereocenters. The zero-order chi connectivity index (χ0) is 14.9. The van der Waals surface area contributed by atoms with E-state index in [-0.39, 0.29) is 17.4 Å². The van der Waals surface area contributed by atoms with Crippen LogP contribution in [0.1, 0.15) is 46.5 Å². The third-order valence-corrected chi connectivity index (χ3v) is 5.89. The summed E-state index contributed by atoms with van der Waals surface area (Å²) >= 11 is 0. The highest BCUT2D eigenvalue weighted by molar-refractivity contribution is 5.80. The Bertz CT molecular complexity index is 350. The second-order valence-corrected chi connectivity index (χ2v) is 7.20. The van der Waals surface area contributed by atoms with Crippen molar-refractivity contribution in [3.63, 3.8) is 0 Å². The quantitative estimate of drug-likeness (QED) is 0.843. The van der Waals surface area contributed by atoms with Gasteiger partial charge >= 0.3 is 0 Å². The van der Waals surface area contributed by atoms with Gasteiger partial charge in [0, 0.05) is 38.3 Å². The van der Waals surface area contributed by atoms with Crippen LogP contribution in [0.3, 0.4) is 0 Å². The lowest BCUT2D eigenvalue weighted by Crippen LogP contribution is -2.53. The molecule has 1 saturated carbocycles. The SMILES string of the molecule is CC1C(N)CCC(C(=O)N(C)C2CCOCC2)C1(C)C. The van der Waals surface area contributed by atoms with Gasteiger partial charge in [-0.1, -0.05) is 20.8 Å². The van der Waals surface area contributed by atoms with E-state index in [0.29, 0.717) is 17.9 Å². The molecular weight excluding hydrogens is 252 g/mol. The van der Waals surface area contributed by atoms with Crippen molar-refractivity contribution >= 4 is 5.91 Å². The molecule has 2 rings (SSSR count). The summed E-state index contributed by atoms with van der Waals surface area (Å²) in [5.41, 5.74) is 6.17. The van der Waals surface area contributed by atoms with Crippen molar-refractivity contribution in [2.75, 3.05) is 20.3 Å². The molecule has 1 saturated heterocycles. The van der Waals surface area contributed by atoms with Gasteiger partial charge in [0.05, 0.1) is 0 Å². The van der Waals surface area contributed by atoms with Crippen LogP contribution in [0.15, 0.2) is 0 Å². The smallest absolute Gasteiger partial charge is 0.226 e. The minimum Gasteiger partial charge on any atom is -0.381 e. The molecular formula is C16H30N2O2. The minimum atomic E-state index is -0.0197. The zero-order valence-corrected chi connectivity index (χ0v) is 13.4. The summed E-state index contributed by atoms with van der Waals surface area (Å²) in [5, 5.41) is 0. The highest BCUT2D eigenvalue weighted by Crippen LogP contribution is 2.45. The Morgan fingerprint density at radius 1 is 1.20 bits per heavy atom. The average Bonchev–Trinajstić information content (AvgIpc) is 2.44. The van der Waals surface area contributed by atoms with Crippen LogP contribution in [0.2, 0.25) is 0 Å². The summed E-state index contributed by atoms with van der Waals surface area (Å²) in [6.07, 6.45) is 3.81. The highest BCUT2D eigenvalue weighted by Gasteiger charge is 2.46. The number of hydrogen-bond donors (Lipinski definition) is 1. The molecule has 1 aliphatic carbocycles. The molecule has 3 atom stereocenters. The monoisotopic (exact) mass is 282 g/mol. The second-order valence-electron chi connectivity index (χ2n) is 7.20. The van der Waals surface area contributed by atoms with Crippen LogP contribution >= 0.6 is 0 Å². The van der Waals surface area contributed by atoms with Gasteiger partial charge in [0.25, 0.3) is 0 Å². The summed E-state index contributed by atoms with van der Waals surface area (Å²) < 4.78 is 5.39. The summed E-state index contributed by atoms with van der Waals surface area (Å²) in [7, 11) is 1.97. The second kappa shape index (κ2) is 6.02. The molecule has 1 amide bonds. The number of nitrogens with zero attached hydrogens (tertiary/aromatic N) is 1. The van der Waals surface area contributed by atoms with Crippen molar-refractivity contribution in [2.24, 2.45) is 23.0 Å². The Kier molecular flexibility index (Phi) is 4.75. The van der Waals surface area contributed by atoms with Crippen molar-refractivity contribution in [1.82, 2.24) is 4.90 Å². The van der Waals surface area contributed by atoms with Crippen molar-refractivity contribution in [1.29, 1.82) is 0 Å². The first-order valence-corrected chi connectivity index (χ1v) is 7.95. The number of carbonyl (C=O) groups excluding carboxylic acids is 1. The van der Waals surface area contributed by atoms with E-state index in [1.165, 1.54) is 0 Å². The van der Waals surface area contributed by atoms with E-state index in [1.807, 2.05) is 11.9 Å². The molecule has 0 spiro atoms. The predicted octanol–water partition coefficient (Wildman–Crippen LogP) is 2.02. The van der Waals surface area contributed by atoms with Crippen LogP contribution in [0.5, 0.6) is 0 Å². The first-order chi connectivity index (χ1) is 9.35. The first-order valence-electron chi connectivity index (χ1n) is 7.95. The van der Waals surface area contributed by atoms with Gasteiger partial charge in [-0.15, -0.1) is 0 Å². The fourth-order valence-corrected chi connectivity index (χ4v) is 3.79. The van der Waals surface area contributed by atoms with Crippen molar-refractivity contribution in [2.45, 2.75) is 58.5 Å². The first kappa shape index (κ1) is 15.8. The van der Waals surface area contributed by atoms with Crippen LogP contribution in [0.25, 0.3) is 0 Å². The van der Waals surface area contributed by atoms with Gasteiger partial charge in [0.2, 0.25) is 5.91 Å². The third-order valence-electron chi connectivity index (χ3n) is 5.89. The molecule has 4 heteroatoms. The van der Waals surface area contributed by atoms with E-state index in [9.17, 15) is 4.79 Å². The molecule has 2 N–H and O–H groups in total. The predicted molar refractivity (Wildman–Crippen MR) is 80.3 cm³/mol. The van der Waals surface area contributed by atoms with Crippen molar-refractivity contribution in [3.05, 3.63) is 0 Å². The lowest BCUT2D eigenvalue weighted by atomic mass is 9.60. The number of hydrogen-bond acceptors (Lipinski definition) is 3. The summed E-state index contributed by atoms with van der Waals surface area (Å²) in [6.45, 7) is 8.15.